The average Bonchev–Trinajstić information content (AvgIpc) is 2.83. The lowest BCUT2D eigenvalue weighted by atomic mass is 9.68. The second kappa shape index (κ2) is 8.78. The summed E-state index contributed by atoms with van der Waals surface area (Å²) in [5, 5.41) is 18.0. The van der Waals surface area contributed by atoms with E-state index in [1.807, 2.05) is 39.0 Å². The van der Waals surface area contributed by atoms with Gasteiger partial charge >= 0.3 is 19.5 Å². The van der Waals surface area contributed by atoms with Crippen molar-refractivity contribution in [3.63, 3.8) is 0 Å². The SMILES string of the molecule is CC1=Nc2ccc(C)cc2C1(C)C(CCCCC(C(=O)O)C(=O)O)CP(=O)(O)O. The van der Waals surface area contributed by atoms with Crippen LogP contribution >= 0.6 is 7.60 Å². The Morgan fingerprint density at radius 3 is 2.24 bits per heavy atom. The van der Waals surface area contributed by atoms with Crippen LogP contribution in [0.3, 0.4) is 0 Å². The van der Waals surface area contributed by atoms with Crippen LogP contribution in [-0.2, 0) is 19.6 Å². The molecule has 0 aromatic heterocycles. The van der Waals surface area contributed by atoms with Crippen LogP contribution < -0.4 is 0 Å². The van der Waals surface area contributed by atoms with Crippen LogP contribution in [-0.4, -0.2) is 43.8 Å². The zero-order valence-electron chi connectivity index (χ0n) is 16.8. The molecular formula is C20H28NO7P. The van der Waals surface area contributed by atoms with E-state index in [4.69, 9.17) is 10.2 Å². The molecule has 0 bridgehead atoms. The number of hydrogen-bond acceptors (Lipinski definition) is 4. The Morgan fingerprint density at radius 2 is 1.69 bits per heavy atom. The molecule has 0 radical (unpaired) electrons. The van der Waals surface area contributed by atoms with Gasteiger partial charge in [0.1, 0.15) is 0 Å². The lowest BCUT2D eigenvalue weighted by Crippen LogP contribution is -2.39. The van der Waals surface area contributed by atoms with E-state index >= 15 is 0 Å². The number of aliphatic imine (C=N–C) groups is 1. The highest BCUT2D eigenvalue weighted by Gasteiger charge is 2.45. The molecule has 0 saturated heterocycles. The van der Waals surface area contributed by atoms with Crippen molar-refractivity contribution < 1.29 is 34.2 Å². The molecule has 0 aliphatic carbocycles. The Balaban J connectivity index is 2.23. The lowest BCUT2D eigenvalue weighted by molar-refractivity contribution is -0.154. The topological polar surface area (TPSA) is 144 Å². The number of carbonyl (C=O) groups is 2. The molecule has 1 aromatic carbocycles. The minimum Gasteiger partial charge on any atom is -0.481 e. The van der Waals surface area contributed by atoms with Gasteiger partial charge in [0.2, 0.25) is 0 Å². The maximum atomic E-state index is 11.8. The minimum absolute atomic E-state index is 0.0211. The standard InChI is InChI=1S/C20H28NO7P/c1-12-8-9-17-16(10-12)20(3,13(2)21-17)14(11-29(26,27)28)6-4-5-7-15(18(22)23)19(24)25/h8-10,14-15H,4-7,11H2,1-3H3,(H,22,23)(H,24,25)(H2,26,27,28). The number of hydrogen-bond donors (Lipinski definition) is 4. The van der Waals surface area contributed by atoms with Gasteiger partial charge in [-0.3, -0.25) is 19.1 Å². The first-order valence-electron chi connectivity index (χ1n) is 9.53. The van der Waals surface area contributed by atoms with Crippen LogP contribution in [0.1, 0.15) is 50.7 Å². The normalized spacial score (nSPS) is 19.7. The zero-order valence-corrected chi connectivity index (χ0v) is 17.7. The molecular weight excluding hydrogens is 397 g/mol. The predicted molar refractivity (Wildman–Crippen MR) is 109 cm³/mol. The van der Waals surface area contributed by atoms with E-state index in [1.54, 1.807) is 0 Å². The zero-order chi connectivity index (χ0) is 22.0. The fraction of sp³-hybridized carbons (Fsp3) is 0.550. The molecule has 0 amide bonds. The monoisotopic (exact) mass is 425 g/mol. The molecule has 0 saturated carbocycles. The van der Waals surface area contributed by atoms with Crippen molar-refractivity contribution >= 4 is 30.9 Å². The number of nitrogens with zero attached hydrogens (tertiary/aromatic N) is 1. The van der Waals surface area contributed by atoms with E-state index in [9.17, 15) is 23.9 Å². The fourth-order valence-corrected chi connectivity index (χ4v) is 5.23. The molecule has 2 rings (SSSR count). The van der Waals surface area contributed by atoms with Gasteiger partial charge < -0.3 is 20.0 Å². The van der Waals surface area contributed by atoms with Crippen LogP contribution in [0.25, 0.3) is 0 Å². The molecule has 8 nitrogen and oxygen atoms in total. The second-order valence-corrected chi connectivity index (χ2v) is 9.67. The van der Waals surface area contributed by atoms with Gasteiger partial charge in [0, 0.05) is 11.1 Å². The van der Waals surface area contributed by atoms with Gasteiger partial charge in [0.05, 0.1) is 11.8 Å². The third kappa shape index (κ3) is 5.32. The molecule has 1 aromatic rings. The Hall–Kier alpha value is -2.02. The van der Waals surface area contributed by atoms with Crippen LogP contribution in [0.4, 0.5) is 5.69 Å². The number of benzene rings is 1. The third-order valence-corrected chi connectivity index (χ3v) is 6.83. The number of aliphatic carboxylic acids is 2. The highest BCUT2D eigenvalue weighted by atomic mass is 31.2. The maximum Gasteiger partial charge on any atom is 0.325 e. The number of fused-ring (bicyclic) bond motifs is 1. The van der Waals surface area contributed by atoms with E-state index < -0.39 is 36.8 Å². The molecule has 0 spiro atoms. The van der Waals surface area contributed by atoms with Crippen molar-refractivity contribution in [2.24, 2.45) is 16.8 Å². The maximum absolute atomic E-state index is 11.8. The predicted octanol–water partition coefficient (Wildman–Crippen LogP) is 3.50. The van der Waals surface area contributed by atoms with Crippen molar-refractivity contribution in [1.82, 2.24) is 0 Å². The van der Waals surface area contributed by atoms with Gasteiger partial charge in [-0.25, -0.2) is 0 Å². The summed E-state index contributed by atoms with van der Waals surface area (Å²) in [7, 11) is -4.31. The Morgan fingerprint density at radius 1 is 1.10 bits per heavy atom. The number of rotatable bonds is 10. The van der Waals surface area contributed by atoms with E-state index in [0.717, 1.165) is 22.5 Å². The van der Waals surface area contributed by atoms with Crippen LogP contribution in [0.15, 0.2) is 23.2 Å². The van der Waals surface area contributed by atoms with Crippen molar-refractivity contribution in [2.75, 3.05) is 6.16 Å². The number of carboxylic acid groups (broad SMARTS) is 2. The van der Waals surface area contributed by atoms with Crippen molar-refractivity contribution in [2.45, 2.75) is 51.9 Å². The summed E-state index contributed by atoms with van der Waals surface area (Å²) in [5.41, 5.74) is 2.89. The van der Waals surface area contributed by atoms with Gasteiger partial charge in [-0.1, -0.05) is 30.5 Å². The molecule has 4 N–H and O–H groups in total. The molecule has 1 aliphatic rings. The first-order valence-corrected chi connectivity index (χ1v) is 11.3. The van der Waals surface area contributed by atoms with Crippen molar-refractivity contribution in [3.05, 3.63) is 29.3 Å². The van der Waals surface area contributed by atoms with Gasteiger partial charge in [0.15, 0.2) is 5.92 Å². The molecule has 2 atom stereocenters. The minimum atomic E-state index is -4.31. The number of carboxylic acids is 2. The van der Waals surface area contributed by atoms with Gasteiger partial charge in [0.25, 0.3) is 0 Å². The fourth-order valence-electron chi connectivity index (χ4n) is 4.11. The first kappa shape index (κ1) is 23.3. The summed E-state index contributed by atoms with van der Waals surface area (Å²) in [6, 6.07) is 5.84. The summed E-state index contributed by atoms with van der Waals surface area (Å²) in [5.74, 6) is -4.63. The molecule has 1 heterocycles. The van der Waals surface area contributed by atoms with Gasteiger partial charge in [-0.2, -0.15) is 0 Å². The van der Waals surface area contributed by atoms with Crippen molar-refractivity contribution in [3.8, 4) is 0 Å². The third-order valence-electron chi connectivity index (χ3n) is 5.92. The van der Waals surface area contributed by atoms with E-state index in [1.165, 1.54) is 0 Å². The van der Waals surface area contributed by atoms with Gasteiger partial charge in [-0.15, -0.1) is 0 Å². The highest BCUT2D eigenvalue weighted by molar-refractivity contribution is 7.51. The van der Waals surface area contributed by atoms with Crippen LogP contribution in [0.2, 0.25) is 0 Å². The lowest BCUT2D eigenvalue weighted by Gasteiger charge is -2.36. The van der Waals surface area contributed by atoms with Crippen LogP contribution in [0, 0.1) is 18.8 Å². The highest BCUT2D eigenvalue weighted by Crippen LogP contribution is 2.51. The summed E-state index contributed by atoms with van der Waals surface area (Å²) >= 11 is 0. The number of aryl methyl sites for hydroxylation is 1. The molecule has 2 unspecified atom stereocenters. The first-order chi connectivity index (χ1) is 13.4. The van der Waals surface area contributed by atoms with Crippen molar-refractivity contribution in [1.29, 1.82) is 0 Å². The summed E-state index contributed by atoms with van der Waals surface area (Å²) in [6.45, 7) is 5.74. The smallest absolute Gasteiger partial charge is 0.325 e. The Labute approximate surface area is 169 Å². The molecule has 29 heavy (non-hydrogen) atoms. The molecule has 0 fully saturated rings. The molecule has 9 heteroatoms. The Kier molecular flexibility index (Phi) is 7.04. The number of unbranched alkanes of at least 4 members (excludes halogenated alkanes) is 1. The van der Waals surface area contributed by atoms with Crippen LogP contribution in [0.5, 0.6) is 0 Å². The summed E-state index contributed by atoms with van der Waals surface area (Å²) < 4.78 is 11.8. The second-order valence-electron chi connectivity index (χ2n) is 7.98. The van der Waals surface area contributed by atoms with E-state index in [0.29, 0.717) is 19.3 Å². The molecule has 160 valence electrons. The summed E-state index contributed by atoms with van der Waals surface area (Å²) in [6.07, 6.45) is 0.894. The summed E-state index contributed by atoms with van der Waals surface area (Å²) in [4.78, 5) is 46.0. The van der Waals surface area contributed by atoms with E-state index in [2.05, 4.69) is 4.99 Å². The van der Waals surface area contributed by atoms with Gasteiger partial charge in [-0.05, 0) is 51.2 Å². The largest absolute Gasteiger partial charge is 0.481 e. The molecule has 1 aliphatic heterocycles. The average molecular weight is 425 g/mol. The van der Waals surface area contributed by atoms with E-state index in [-0.39, 0.29) is 12.6 Å². The Bertz CT molecular complexity index is 862. The quantitative estimate of drug-likeness (QED) is 0.255.